The summed E-state index contributed by atoms with van der Waals surface area (Å²) in [6.45, 7) is 1.79. The van der Waals surface area contributed by atoms with Gasteiger partial charge in [-0.3, -0.25) is 9.59 Å². The molecular weight excluding hydrogens is 206 g/mol. The van der Waals surface area contributed by atoms with E-state index in [0.717, 1.165) is 5.56 Å². The van der Waals surface area contributed by atoms with Gasteiger partial charge in [0.15, 0.2) is 5.78 Å². The smallest absolute Gasteiger partial charge is 0.303 e. The fourth-order valence-corrected chi connectivity index (χ4v) is 1.37. The van der Waals surface area contributed by atoms with Crippen LogP contribution in [0.25, 0.3) is 0 Å². The van der Waals surface area contributed by atoms with Crippen molar-refractivity contribution in [2.24, 2.45) is 0 Å². The second kappa shape index (κ2) is 5.08. The summed E-state index contributed by atoms with van der Waals surface area (Å²) < 4.78 is 0. The van der Waals surface area contributed by atoms with Crippen LogP contribution in [-0.4, -0.2) is 16.9 Å². The van der Waals surface area contributed by atoms with Gasteiger partial charge in [0.05, 0.1) is 18.1 Å². The third kappa shape index (κ3) is 3.21. The van der Waals surface area contributed by atoms with Crippen molar-refractivity contribution in [3.05, 3.63) is 34.9 Å². The molecule has 0 radical (unpaired) electrons. The predicted octanol–water partition coefficient (Wildman–Crippen LogP) is 1.91. The molecule has 1 aromatic rings. The SMILES string of the molecule is Cc1cc(C#N)cc(C(=O)CCC(=O)O)c1. The van der Waals surface area contributed by atoms with E-state index >= 15 is 0 Å². The molecule has 0 atom stereocenters. The monoisotopic (exact) mass is 217 g/mol. The molecule has 0 bridgehead atoms. The summed E-state index contributed by atoms with van der Waals surface area (Å²) in [7, 11) is 0. The van der Waals surface area contributed by atoms with Crippen molar-refractivity contribution >= 4 is 11.8 Å². The van der Waals surface area contributed by atoms with Crippen LogP contribution in [0.3, 0.4) is 0 Å². The molecular formula is C12H11NO3. The number of ketones is 1. The number of carboxylic acids is 1. The maximum atomic E-state index is 11.6. The zero-order valence-electron chi connectivity index (χ0n) is 8.86. The lowest BCUT2D eigenvalue weighted by Crippen LogP contribution is -2.04. The highest BCUT2D eigenvalue weighted by atomic mass is 16.4. The first-order chi connectivity index (χ1) is 7.52. The molecule has 4 nitrogen and oxygen atoms in total. The molecule has 0 fully saturated rings. The van der Waals surface area contributed by atoms with Crippen LogP contribution in [0.1, 0.15) is 34.3 Å². The normalized spacial score (nSPS) is 9.50. The van der Waals surface area contributed by atoms with E-state index in [0.29, 0.717) is 11.1 Å². The lowest BCUT2D eigenvalue weighted by atomic mass is 10.0. The minimum Gasteiger partial charge on any atom is -0.481 e. The summed E-state index contributed by atoms with van der Waals surface area (Å²) in [5.74, 6) is -1.25. The van der Waals surface area contributed by atoms with Gasteiger partial charge >= 0.3 is 5.97 Å². The number of benzene rings is 1. The summed E-state index contributed by atoms with van der Waals surface area (Å²) in [6.07, 6.45) is -0.224. The van der Waals surface area contributed by atoms with E-state index < -0.39 is 5.97 Å². The number of carbonyl (C=O) groups excluding carboxylic acids is 1. The number of hydrogen-bond acceptors (Lipinski definition) is 3. The van der Waals surface area contributed by atoms with Gasteiger partial charge in [-0.15, -0.1) is 0 Å². The van der Waals surface area contributed by atoms with E-state index in [1.54, 1.807) is 19.1 Å². The largest absolute Gasteiger partial charge is 0.481 e. The minimum absolute atomic E-state index is 0.0380. The molecule has 0 saturated heterocycles. The summed E-state index contributed by atoms with van der Waals surface area (Å²) in [5, 5.41) is 17.2. The Morgan fingerprint density at radius 2 is 2.00 bits per heavy atom. The molecule has 0 unspecified atom stereocenters. The third-order valence-electron chi connectivity index (χ3n) is 2.09. The average molecular weight is 217 g/mol. The van der Waals surface area contributed by atoms with E-state index in [-0.39, 0.29) is 18.6 Å². The molecule has 82 valence electrons. The van der Waals surface area contributed by atoms with Crippen LogP contribution in [-0.2, 0) is 4.79 Å². The highest BCUT2D eigenvalue weighted by Crippen LogP contribution is 2.12. The molecule has 4 heteroatoms. The highest BCUT2D eigenvalue weighted by molar-refractivity contribution is 5.97. The molecule has 0 heterocycles. The second-order valence-electron chi connectivity index (χ2n) is 3.52. The van der Waals surface area contributed by atoms with E-state index in [9.17, 15) is 9.59 Å². The van der Waals surface area contributed by atoms with E-state index in [2.05, 4.69) is 0 Å². The number of rotatable bonds is 4. The van der Waals surface area contributed by atoms with Gasteiger partial charge in [0, 0.05) is 12.0 Å². The fraction of sp³-hybridized carbons (Fsp3) is 0.250. The van der Waals surface area contributed by atoms with Crippen molar-refractivity contribution in [1.82, 2.24) is 0 Å². The third-order valence-corrected chi connectivity index (χ3v) is 2.09. The molecule has 0 saturated carbocycles. The van der Waals surface area contributed by atoms with Gasteiger partial charge in [-0.1, -0.05) is 0 Å². The van der Waals surface area contributed by atoms with Crippen molar-refractivity contribution in [3.8, 4) is 6.07 Å². The lowest BCUT2D eigenvalue weighted by Gasteiger charge is -2.01. The summed E-state index contributed by atoms with van der Waals surface area (Å²) in [6, 6.07) is 6.78. The summed E-state index contributed by atoms with van der Waals surface area (Å²) in [5.41, 5.74) is 1.63. The van der Waals surface area contributed by atoms with Gasteiger partial charge in [0.25, 0.3) is 0 Å². The van der Waals surface area contributed by atoms with Gasteiger partial charge < -0.3 is 5.11 Å². The molecule has 16 heavy (non-hydrogen) atoms. The maximum absolute atomic E-state index is 11.6. The fourth-order valence-electron chi connectivity index (χ4n) is 1.37. The average Bonchev–Trinajstić information content (AvgIpc) is 2.24. The van der Waals surface area contributed by atoms with Crippen molar-refractivity contribution in [2.45, 2.75) is 19.8 Å². The first-order valence-corrected chi connectivity index (χ1v) is 4.79. The van der Waals surface area contributed by atoms with Crippen LogP contribution < -0.4 is 0 Å². The quantitative estimate of drug-likeness (QED) is 0.781. The Kier molecular flexibility index (Phi) is 3.78. The second-order valence-corrected chi connectivity index (χ2v) is 3.52. The molecule has 1 N–H and O–H groups in total. The van der Waals surface area contributed by atoms with Crippen LogP contribution in [0.4, 0.5) is 0 Å². The Morgan fingerprint density at radius 1 is 1.31 bits per heavy atom. The van der Waals surface area contributed by atoms with Crippen molar-refractivity contribution in [2.75, 3.05) is 0 Å². The number of aryl methyl sites for hydroxylation is 1. The Bertz CT molecular complexity index is 472. The lowest BCUT2D eigenvalue weighted by molar-refractivity contribution is -0.136. The van der Waals surface area contributed by atoms with Crippen LogP contribution in [0.15, 0.2) is 18.2 Å². The summed E-state index contributed by atoms with van der Waals surface area (Å²) >= 11 is 0. The van der Waals surface area contributed by atoms with Gasteiger partial charge in [0.2, 0.25) is 0 Å². The number of aliphatic carboxylic acids is 1. The number of carboxylic acid groups (broad SMARTS) is 1. The zero-order chi connectivity index (χ0) is 12.1. The van der Waals surface area contributed by atoms with Crippen LogP contribution in [0, 0.1) is 18.3 Å². The van der Waals surface area contributed by atoms with Gasteiger partial charge in [0.1, 0.15) is 0 Å². The highest BCUT2D eigenvalue weighted by Gasteiger charge is 2.09. The van der Waals surface area contributed by atoms with Crippen LogP contribution >= 0.6 is 0 Å². The molecule has 0 amide bonds. The molecule has 1 rings (SSSR count). The number of Topliss-reactive ketones (excluding diaryl/α,β-unsaturated/α-hetero) is 1. The Balaban J connectivity index is 2.87. The molecule has 1 aromatic carbocycles. The van der Waals surface area contributed by atoms with E-state index in [1.165, 1.54) is 6.07 Å². The standard InChI is InChI=1S/C12H11NO3/c1-8-4-9(7-13)6-10(5-8)11(14)2-3-12(15)16/h4-6H,2-3H2,1H3,(H,15,16). The van der Waals surface area contributed by atoms with Crippen molar-refractivity contribution in [3.63, 3.8) is 0 Å². The van der Waals surface area contributed by atoms with Crippen LogP contribution in [0.2, 0.25) is 0 Å². The minimum atomic E-state index is -0.999. The van der Waals surface area contributed by atoms with Gasteiger partial charge in [-0.25, -0.2) is 0 Å². The summed E-state index contributed by atoms with van der Waals surface area (Å²) in [4.78, 5) is 21.9. The molecule has 0 spiro atoms. The number of carbonyl (C=O) groups is 2. The first-order valence-electron chi connectivity index (χ1n) is 4.79. The maximum Gasteiger partial charge on any atom is 0.303 e. The zero-order valence-corrected chi connectivity index (χ0v) is 8.86. The Hall–Kier alpha value is -2.15. The first kappa shape index (κ1) is 11.9. The molecule has 0 aliphatic rings. The molecule has 0 aliphatic heterocycles. The van der Waals surface area contributed by atoms with E-state index in [1.807, 2.05) is 6.07 Å². The number of hydrogen-bond donors (Lipinski definition) is 1. The topological polar surface area (TPSA) is 78.2 Å². The van der Waals surface area contributed by atoms with Gasteiger partial charge in [-0.05, 0) is 30.7 Å². The Morgan fingerprint density at radius 3 is 2.56 bits per heavy atom. The molecule has 0 aromatic heterocycles. The predicted molar refractivity (Wildman–Crippen MR) is 57.1 cm³/mol. The van der Waals surface area contributed by atoms with Gasteiger partial charge in [-0.2, -0.15) is 5.26 Å². The Labute approximate surface area is 93.1 Å². The number of nitrogens with zero attached hydrogens (tertiary/aromatic N) is 1. The number of nitriles is 1. The van der Waals surface area contributed by atoms with Crippen molar-refractivity contribution < 1.29 is 14.7 Å². The van der Waals surface area contributed by atoms with E-state index in [4.69, 9.17) is 10.4 Å². The van der Waals surface area contributed by atoms with Crippen molar-refractivity contribution in [1.29, 1.82) is 5.26 Å². The molecule has 0 aliphatic carbocycles. The van der Waals surface area contributed by atoms with Crippen LogP contribution in [0.5, 0.6) is 0 Å².